The number of rotatable bonds is 1. The Kier molecular flexibility index (Phi) is 3.07. The van der Waals surface area contributed by atoms with Gasteiger partial charge in [0.2, 0.25) is 0 Å². The molecule has 1 aromatic rings. The Labute approximate surface area is 94.1 Å². The standard InChI is InChI=1S/C9H7BrClFO2/c10-6-4-7(11)8(12)3-5(6)9-13-1-2-14-9/h3-4,9H,1-2H2. The summed E-state index contributed by atoms with van der Waals surface area (Å²) < 4.78 is 24.3. The highest BCUT2D eigenvalue weighted by atomic mass is 79.9. The third-order valence-corrected chi connectivity index (χ3v) is 2.89. The van der Waals surface area contributed by atoms with Gasteiger partial charge in [0.15, 0.2) is 6.29 Å². The molecule has 0 bridgehead atoms. The summed E-state index contributed by atoms with van der Waals surface area (Å²) in [6.45, 7) is 1.06. The molecule has 1 aromatic carbocycles. The first-order valence-electron chi connectivity index (χ1n) is 4.06. The van der Waals surface area contributed by atoms with Gasteiger partial charge in [-0.15, -0.1) is 0 Å². The van der Waals surface area contributed by atoms with Crippen molar-refractivity contribution in [2.24, 2.45) is 0 Å². The van der Waals surface area contributed by atoms with Crippen molar-refractivity contribution in [1.29, 1.82) is 0 Å². The van der Waals surface area contributed by atoms with Crippen LogP contribution in [-0.2, 0) is 9.47 Å². The number of hydrogen-bond acceptors (Lipinski definition) is 2. The van der Waals surface area contributed by atoms with Crippen molar-refractivity contribution in [3.8, 4) is 0 Å². The van der Waals surface area contributed by atoms with Crippen LogP contribution in [0.5, 0.6) is 0 Å². The second-order valence-electron chi connectivity index (χ2n) is 2.86. The average molecular weight is 282 g/mol. The highest BCUT2D eigenvalue weighted by Crippen LogP contribution is 2.33. The maximum Gasteiger partial charge on any atom is 0.185 e. The molecule has 0 radical (unpaired) electrons. The Morgan fingerprint density at radius 2 is 2.00 bits per heavy atom. The lowest BCUT2D eigenvalue weighted by molar-refractivity contribution is -0.0448. The summed E-state index contributed by atoms with van der Waals surface area (Å²) >= 11 is 8.89. The minimum absolute atomic E-state index is 0.0821. The van der Waals surface area contributed by atoms with E-state index in [1.54, 1.807) is 0 Å². The molecule has 0 atom stereocenters. The van der Waals surface area contributed by atoms with E-state index in [0.29, 0.717) is 23.2 Å². The van der Waals surface area contributed by atoms with Crippen LogP contribution in [-0.4, -0.2) is 13.2 Å². The molecule has 1 saturated heterocycles. The van der Waals surface area contributed by atoms with Gasteiger partial charge in [0.1, 0.15) is 5.82 Å². The molecule has 1 heterocycles. The van der Waals surface area contributed by atoms with E-state index >= 15 is 0 Å². The monoisotopic (exact) mass is 280 g/mol. The van der Waals surface area contributed by atoms with Crippen LogP contribution in [0.1, 0.15) is 11.9 Å². The van der Waals surface area contributed by atoms with Crippen LogP contribution >= 0.6 is 27.5 Å². The molecule has 0 spiro atoms. The van der Waals surface area contributed by atoms with Gasteiger partial charge in [-0.2, -0.15) is 0 Å². The minimum atomic E-state index is -0.490. The summed E-state index contributed by atoms with van der Waals surface area (Å²) in [4.78, 5) is 0. The van der Waals surface area contributed by atoms with Crippen LogP contribution in [0.2, 0.25) is 5.02 Å². The third kappa shape index (κ3) is 1.93. The summed E-state index contributed by atoms with van der Waals surface area (Å²) in [5, 5.41) is 0.0821. The molecule has 2 rings (SSSR count). The lowest BCUT2D eigenvalue weighted by atomic mass is 10.2. The molecule has 1 aliphatic heterocycles. The molecule has 2 nitrogen and oxygen atoms in total. The van der Waals surface area contributed by atoms with E-state index in [9.17, 15) is 4.39 Å². The SMILES string of the molecule is Fc1cc(C2OCCO2)c(Br)cc1Cl. The molecule has 0 saturated carbocycles. The van der Waals surface area contributed by atoms with Crippen LogP contribution in [0.4, 0.5) is 4.39 Å². The third-order valence-electron chi connectivity index (χ3n) is 1.92. The fourth-order valence-electron chi connectivity index (χ4n) is 1.26. The smallest absolute Gasteiger partial charge is 0.185 e. The normalized spacial score (nSPS) is 17.6. The second kappa shape index (κ2) is 4.14. The first kappa shape index (κ1) is 10.4. The van der Waals surface area contributed by atoms with Gasteiger partial charge in [-0.05, 0) is 12.1 Å². The molecule has 0 aliphatic carbocycles. The molecular formula is C9H7BrClFO2. The van der Waals surface area contributed by atoms with Crippen molar-refractivity contribution >= 4 is 27.5 Å². The van der Waals surface area contributed by atoms with Crippen molar-refractivity contribution in [2.75, 3.05) is 13.2 Å². The Balaban J connectivity index is 2.37. The zero-order valence-electron chi connectivity index (χ0n) is 7.10. The summed E-state index contributed by atoms with van der Waals surface area (Å²) in [5.74, 6) is -0.469. The Morgan fingerprint density at radius 3 is 2.64 bits per heavy atom. The molecule has 0 amide bonds. The predicted octanol–water partition coefficient (Wildman–Crippen LogP) is 3.29. The molecule has 0 unspecified atom stereocenters. The van der Waals surface area contributed by atoms with Gasteiger partial charge in [-0.1, -0.05) is 27.5 Å². The molecule has 0 N–H and O–H groups in total. The molecule has 14 heavy (non-hydrogen) atoms. The Bertz CT molecular complexity index is 353. The maximum atomic E-state index is 13.1. The van der Waals surface area contributed by atoms with Crippen LogP contribution in [0.3, 0.4) is 0 Å². The summed E-state index contributed by atoms with van der Waals surface area (Å²) in [6, 6.07) is 2.82. The lowest BCUT2D eigenvalue weighted by Crippen LogP contribution is -2.00. The van der Waals surface area contributed by atoms with Gasteiger partial charge in [0.25, 0.3) is 0 Å². The zero-order chi connectivity index (χ0) is 10.1. The quantitative estimate of drug-likeness (QED) is 0.736. The van der Waals surface area contributed by atoms with E-state index < -0.39 is 12.1 Å². The topological polar surface area (TPSA) is 18.5 Å². The van der Waals surface area contributed by atoms with Crippen molar-refractivity contribution in [3.63, 3.8) is 0 Å². The minimum Gasteiger partial charge on any atom is -0.346 e. The number of hydrogen-bond donors (Lipinski definition) is 0. The maximum absolute atomic E-state index is 13.1. The van der Waals surface area contributed by atoms with Crippen LogP contribution < -0.4 is 0 Å². The highest BCUT2D eigenvalue weighted by molar-refractivity contribution is 9.10. The summed E-state index contributed by atoms with van der Waals surface area (Å²) in [6.07, 6.45) is -0.490. The largest absolute Gasteiger partial charge is 0.346 e. The molecule has 5 heteroatoms. The molecule has 1 aliphatic rings. The van der Waals surface area contributed by atoms with E-state index in [1.165, 1.54) is 12.1 Å². The van der Waals surface area contributed by atoms with Crippen LogP contribution in [0.15, 0.2) is 16.6 Å². The van der Waals surface area contributed by atoms with E-state index in [1.807, 2.05) is 0 Å². The number of benzene rings is 1. The average Bonchev–Trinajstić information content (AvgIpc) is 2.64. The molecular weight excluding hydrogens is 274 g/mol. The fourth-order valence-corrected chi connectivity index (χ4v) is 2.08. The van der Waals surface area contributed by atoms with Gasteiger partial charge in [0.05, 0.1) is 18.2 Å². The van der Waals surface area contributed by atoms with Crippen molar-refractivity contribution < 1.29 is 13.9 Å². The van der Waals surface area contributed by atoms with Crippen LogP contribution in [0, 0.1) is 5.82 Å². The zero-order valence-corrected chi connectivity index (χ0v) is 9.44. The summed E-state index contributed by atoms with van der Waals surface area (Å²) in [5.41, 5.74) is 0.629. The highest BCUT2D eigenvalue weighted by Gasteiger charge is 2.22. The van der Waals surface area contributed by atoms with Crippen molar-refractivity contribution in [3.05, 3.63) is 33.0 Å². The fraction of sp³-hybridized carbons (Fsp3) is 0.333. The van der Waals surface area contributed by atoms with E-state index in [0.717, 1.165) is 0 Å². The predicted molar refractivity (Wildman–Crippen MR) is 53.8 cm³/mol. The van der Waals surface area contributed by atoms with E-state index in [-0.39, 0.29) is 5.02 Å². The van der Waals surface area contributed by atoms with Gasteiger partial charge in [-0.3, -0.25) is 0 Å². The summed E-state index contributed by atoms with van der Waals surface area (Å²) in [7, 11) is 0. The second-order valence-corrected chi connectivity index (χ2v) is 4.12. The van der Waals surface area contributed by atoms with Crippen molar-refractivity contribution in [1.82, 2.24) is 0 Å². The Hall–Kier alpha value is -0.160. The number of halogens is 3. The Morgan fingerprint density at radius 1 is 1.36 bits per heavy atom. The van der Waals surface area contributed by atoms with Crippen LogP contribution in [0.25, 0.3) is 0 Å². The first-order valence-corrected chi connectivity index (χ1v) is 5.23. The van der Waals surface area contributed by atoms with E-state index in [4.69, 9.17) is 21.1 Å². The van der Waals surface area contributed by atoms with Gasteiger partial charge in [0, 0.05) is 10.0 Å². The number of ether oxygens (including phenoxy) is 2. The van der Waals surface area contributed by atoms with Gasteiger partial charge in [-0.25, -0.2) is 4.39 Å². The first-order chi connectivity index (χ1) is 6.68. The lowest BCUT2D eigenvalue weighted by Gasteiger charge is -2.11. The molecule has 0 aromatic heterocycles. The van der Waals surface area contributed by atoms with E-state index in [2.05, 4.69) is 15.9 Å². The molecule has 76 valence electrons. The molecule has 1 fully saturated rings. The van der Waals surface area contributed by atoms with Gasteiger partial charge >= 0.3 is 0 Å². The van der Waals surface area contributed by atoms with Crippen molar-refractivity contribution in [2.45, 2.75) is 6.29 Å². The van der Waals surface area contributed by atoms with Gasteiger partial charge < -0.3 is 9.47 Å².